The Morgan fingerprint density at radius 3 is 2.38 bits per heavy atom. The molecule has 4 aromatic rings. The van der Waals surface area contributed by atoms with Crippen molar-refractivity contribution in [1.29, 1.82) is 0 Å². The number of sulfone groups is 1. The standard InChI is InChI=1S/C39H46N4O9S/c1-8-51-32-21-25(9-13-31(32)52-22(2)3)34(42-27-11-12-28-24(19-27)15-17-41-36(28)40)37(44)43-18-16-29(39(46)50-7)35(43)30-20-26(38(45)49-6)10-14-33(30)53(47,48)23(4)5/h9-15,17,19-23,29,34-35,42H,8,16,18H2,1-7H3,(H2,40,41)/t29-,34?,35+/m1/s1. The van der Waals surface area contributed by atoms with Gasteiger partial charge in [-0.25, -0.2) is 18.2 Å². The van der Waals surface area contributed by atoms with E-state index in [0.29, 0.717) is 35.2 Å². The van der Waals surface area contributed by atoms with Gasteiger partial charge in [-0.2, -0.15) is 0 Å². The minimum absolute atomic E-state index is 0.0646. The summed E-state index contributed by atoms with van der Waals surface area (Å²) >= 11 is 0. The first kappa shape index (κ1) is 38.9. The van der Waals surface area contributed by atoms with Crippen LogP contribution in [0, 0.1) is 5.92 Å². The lowest BCUT2D eigenvalue weighted by Crippen LogP contribution is -2.40. The van der Waals surface area contributed by atoms with Gasteiger partial charge in [-0.15, -0.1) is 0 Å². The van der Waals surface area contributed by atoms with Crippen molar-refractivity contribution in [2.45, 2.75) is 69.4 Å². The van der Waals surface area contributed by atoms with Crippen molar-refractivity contribution in [3.8, 4) is 11.5 Å². The van der Waals surface area contributed by atoms with E-state index in [1.165, 1.54) is 37.3 Å². The third kappa shape index (κ3) is 8.02. The summed E-state index contributed by atoms with van der Waals surface area (Å²) in [5.41, 5.74) is 7.39. The van der Waals surface area contributed by atoms with Crippen molar-refractivity contribution < 1.29 is 41.7 Å². The second-order valence-electron chi connectivity index (χ2n) is 13.2. The lowest BCUT2D eigenvalue weighted by molar-refractivity contribution is -0.147. The SMILES string of the molecule is CCOc1cc(C(Nc2ccc3c(N)nccc3c2)C(=O)N2CC[C@@H](C(=O)OC)[C@H]2c2cc(C(=O)OC)ccc2S(=O)(=O)C(C)C)ccc1OC(C)C. The molecule has 53 heavy (non-hydrogen) atoms. The van der Waals surface area contributed by atoms with Gasteiger partial charge in [-0.1, -0.05) is 6.07 Å². The van der Waals surface area contributed by atoms with Crippen LogP contribution in [-0.2, 0) is 28.9 Å². The van der Waals surface area contributed by atoms with E-state index in [4.69, 9.17) is 24.7 Å². The van der Waals surface area contributed by atoms with Gasteiger partial charge in [0, 0.05) is 23.8 Å². The smallest absolute Gasteiger partial charge is 0.337 e. The first-order chi connectivity index (χ1) is 25.2. The first-order valence-corrected chi connectivity index (χ1v) is 18.9. The van der Waals surface area contributed by atoms with Crippen LogP contribution in [0.4, 0.5) is 11.5 Å². The molecular formula is C39H46N4O9S. The molecule has 3 aromatic carbocycles. The number of fused-ring (bicyclic) bond motifs is 1. The molecule has 1 aromatic heterocycles. The Morgan fingerprint density at radius 1 is 0.962 bits per heavy atom. The number of esters is 2. The molecule has 0 spiro atoms. The zero-order valence-corrected chi connectivity index (χ0v) is 31.7. The van der Waals surface area contributed by atoms with Gasteiger partial charge in [0.15, 0.2) is 21.3 Å². The highest BCUT2D eigenvalue weighted by atomic mass is 32.2. The Morgan fingerprint density at radius 2 is 1.72 bits per heavy atom. The summed E-state index contributed by atoms with van der Waals surface area (Å²) < 4.78 is 49.8. The van der Waals surface area contributed by atoms with E-state index in [-0.39, 0.29) is 35.1 Å². The molecule has 0 aliphatic carbocycles. The van der Waals surface area contributed by atoms with Crippen molar-refractivity contribution in [2.75, 3.05) is 38.4 Å². The number of hydrogen-bond acceptors (Lipinski definition) is 12. The molecule has 5 rings (SSSR count). The van der Waals surface area contributed by atoms with E-state index >= 15 is 4.79 Å². The molecule has 1 aliphatic heterocycles. The fourth-order valence-corrected chi connectivity index (χ4v) is 7.87. The number of hydrogen-bond donors (Lipinski definition) is 2. The summed E-state index contributed by atoms with van der Waals surface area (Å²) in [6, 6.07) is 14.4. The number of aromatic nitrogens is 1. The minimum atomic E-state index is -3.97. The predicted octanol–water partition coefficient (Wildman–Crippen LogP) is 5.89. The second-order valence-corrected chi connectivity index (χ2v) is 15.7. The Kier molecular flexibility index (Phi) is 11.8. The fraction of sp³-hybridized carbons (Fsp3) is 0.385. The maximum Gasteiger partial charge on any atom is 0.337 e. The maximum absolute atomic E-state index is 15.2. The molecule has 3 atom stereocenters. The van der Waals surface area contributed by atoms with Gasteiger partial charge in [0.2, 0.25) is 5.91 Å². The molecule has 2 heterocycles. The number of carbonyl (C=O) groups is 3. The molecule has 14 heteroatoms. The highest BCUT2D eigenvalue weighted by Gasteiger charge is 2.47. The number of carbonyl (C=O) groups excluding carboxylic acids is 3. The normalized spacial score (nSPS) is 16.4. The topological polar surface area (TPSA) is 176 Å². The number of methoxy groups -OCH3 is 2. The average molecular weight is 747 g/mol. The predicted molar refractivity (Wildman–Crippen MR) is 201 cm³/mol. The third-order valence-corrected chi connectivity index (χ3v) is 11.4. The summed E-state index contributed by atoms with van der Waals surface area (Å²) in [5.74, 6) is -1.46. The van der Waals surface area contributed by atoms with E-state index in [9.17, 15) is 18.0 Å². The summed E-state index contributed by atoms with van der Waals surface area (Å²) in [5, 5.41) is 4.07. The van der Waals surface area contributed by atoms with Crippen LogP contribution in [-0.4, -0.2) is 74.9 Å². The van der Waals surface area contributed by atoms with Gasteiger partial charge in [0.1, 0.15) is 11.9 Å². The quantitative estimate of drug-likeness (QED) is 0.156. The molecule has 13 nitrogen and oxygen atoms in total. The Balaban J connectivity index is 1.71. The zero-order valence-electron chi connectivity index (χ0n) is 30.9. The van der Waals surface area contributed by atoms with Crippen LogP contribution in [0.1, 0.15) is 74.6 Å². The third-order valence-electron chi connectivity index (χ3n) is 9.18. The van der Waals surface area contributed by atoms with Crippen molar-refractivity contribution in [3.05, 3.63) is 83.6 Å². The van der Waals surface area contributed by atoms with Crippen LogP contribution in [0.15, 0.2) is 71.8 Å². The number of amides is 1. The molecule has 3 N–H and O–H groups in total. The van der Waals surface area contributed by atoms with Crippen LogP contribution in [0.3, 0.4) is 0 Å². The van der Waals surface area contributed by atoms with Gasteiger partial charge in [-0.05, 0) is 112 Å². The molecule has 0 saturated carbocycles. The van der Waals surface area contributed by atoms with E-state index in [1.807, 2.05) is 26.8 Å². The number of benzene rings is 3. The molecule has 0 bridgehead atoms. The van der Waals surface area contributed by atoms with Crippen molar-refractivity contribution >= 4 is 50.0 Å². The Bertz CT molecular complexity index is 2120. The zero-order chi connectivity index (χ0) is 38.6. The number of pyridine rings is 1. The summed E-state index contributed by atoms with van der Waals surface area (Å²) in [6.07, 6.45) is 1.62. The van der Waals surface area contributed by atoms with Crippen LogP contribution in [0.2, 0.25) is 0 Å². The van der Waals surface area contributed by atoms with Gasteiger partial charge < -0.3 is 34.9 Å². The number of nitrogens with one attached hydrogen (secondary N) is 1. The van der Waals surface area contributed by atoms with Crippen LogP contribution >= 0.6 is 0 Å². The van der Waals surface area contributed by atoms with Crippen molar-refractivity contribution in [2.24, 2.45) is 5.92 Å². The summed E-state index contributed by atoms with van der Waals surface area (Å²) in [4.78, 5) is 46.9. The van der Waals surface area contributed by atoms with E-state index in [0.717, 1.165) is 10.8 Å². The number of rotatable bonds is 13. The molecular weight excluding hydrogens is 701 g/mol. The van der Waals surface area contributed by atoms with Crippen molar-refractivity contribution in [3.63, 3.8) is 0 Å². The highest BCUT2D eigenvalue weighted by molar-refractivity contribution is 7.92. The van der Waals surface area contributed by atoms with Gasteiger partial charge in [-0.3, -0.25) is 9.59 Å². The van der Waals surface area contributed by atoms with Crippen molar-refractivity contribution in [1.82, 2.24) is 9.88 Å². The molecule has 1 aliphatic rings. The number of nitrogens with zero attached hydrogens (tertiary/aromatic N) is 2. The average Bonchev–Trinajstić information content (AvgIpc) is 3.58. The minimum Gasteiger partial charge on any atom is -0.490 e. The van der Waals surface area contributed by atoms with E-state index in [1.54, 1.807) is 56.4 Å². The van der Waals surface area contributed by atoms with Gasteiger partial charge in [0.25, 0.3) is 0 Å². The monoisotopic (exact) mass is 746 g/mol. The number of nitrogens with two attached hydrogens (primary N) is 1. The molecule has 282 valence electrons. The Hall–Kier alpha value is -5.37. The number of nitrogen functional groups attached to an aromatic ring is 1. The highest BCUT2D eigenvalue weighted by Crippen LogP contribution is 2.44. The fourth-order valence-electron chi connectivity index (χ4n) is 6.59. The van der Waals surface area contributed by atoms with E-state index < -0.39 is 50.9 Å². The number of likely N-dealkylation sites (tertiary alicyclic amines) is 1. The second kappa shape index (κ2) is 16.1. The maximum atomic E-state index is 15.2. The molecule has 1 amide bonds. The van der Waals surface area contributed by atoms with E-state index in [2.05, 4.69) is 10.3 Å². The summed E-state index contributed by atoms with van der Waals surface area (Å²) in [6.45, 7) is 9.13. The summed E-state index contributed by atoms with van der Waals surface area (Å²) in [7, 11) is -1.52. The van der Waals surface area contributed by atoms with Gasteiger partial charge >= 0.3 is 11.9 Å². The molecule has 1 saturated heterocycles. The molecule has 1 unspecified atom stereocenters. The molecule has 1 fully saturated rings. The lowest BCUT2D eigenvalue weighted by atomic mass is 9.92. The number of ether oxygens (including phenoxy) is 4. The lowest BCUT2D eigenvalue weighted by Gasteiger charge is -2.33. The number of anilines is 2. The van der Waals surface area contributed by atoms with Crippen LogP contribution < -0.4 is 20.5 Å². The van der Waals surface area contributed by atoms with Gasteiger partial charge in [0.05, 0.1) is 54.6 Å². The first-order valence-electron chi connectivity index (χ1n) is 17.4. The van der Waals surface area contributed by atoms with Crippen LogP contribution in [0.5, 0.6) is 11.5 Å². The van der Waals surface area contributed by atoms with Crippen LogP contribution in [0.25, 0.3) is 10.8 Å². The Labute approximate surface area is 309 Å². The largest absolute Gasteiger partial charge is 0.490 e. The molecule has 0 radical (unpaired) electrons.